The minimum Gasteiger partial charge on any atom is -0.479 e. The van der Waals surface area contributed by atoms with Crippen LogP contribution in [-0.2, 0) is 21.4 Å². The normalized spacial score (nSPS) is 15.5. The minimum absolute atomic E-state index is 0.0227. The first-order valence-electron chi connectivity index (χ1n) is 9.37. The zero-order valence-electron chi connectivity index (χ0n) is 16.4. The number of ether oxygens (including phenoxy) is 1. The molecule has 2 aromatic carbocycles. The van der Waals surface area contributed by atoms with Crippen molar-refractivity contribution in [3.8, 4) is 5.75 Å². The summed E-state index contributed by atoms with van der Waals surface area (Å²) in [4.78, 5) is 24.3. The average Bonchev–Trinajstić information content (AvgIpc) is 3.27. The summed E-state index contributed by atoms with van der Waals surface area (Å²) in [6.07, 6.45) is 0.873. The van der Waals surface area contributed by atoms with Gasteiger partial charge in [0.2, 0.25) is 10.0 Å². The number of carbonyl (C=O) groups is 2. The van der Waals surface area contributed by atoms with Crippen LogP contribution in [0.4, 0.5) is 11.4 Å². The van der Waals surface area contributed by atoms with Gasteiger partial charge in [-0.3, -0.25) is 9.59 Å². The quantitative estimate of drug-likeness (QED) is 0.540. The predicted molar refractivity (Wildman–Crippen MR) is 112 cm³/mol. The average molecular weight is 441 g/mol. The molecule has 0 spiro atoms. The Morgan fingerprint density at radius 1 is 1.13 bits per heavy atom. The van der Waals surface area contributed by atoms with Crippen LogP contribution in [0.15, 0.2) is 70.2 Å². The maximum absolute atomic E-state index is 12.5. The lowest BCUT2D eigenvalue weighted by atomic mass is 10.2. The summed E-state index contributed by atoms with van der Waals surface area (Å²) in [5.41, 5.74) is 1.20. The molecule has 1 atom stereocenters. The molecule has 4 rings (SSSR count). The Morgan fingerprint density at radius 2 is 1.90 bits per heavy atom. The fourth-order valence-corrected chi connectivity index (χ4v) is 3.93. The largest absolute Gasteiger partial charge is 0.479 e. The van der Waals surface area contributed by atoms with E-state index in [1.807, 2.05) is 0 Å². The maximum Gasteiger partial charge on any atom is 0.265 e. The molecule has 0 unspecified atom stereocenters. The Balaban J connectivity index is 1.43. The Kier molecular flexibility index (Phi) is 5.49. The topological polar surface area (TPSA) is 127 Å². The number of anilines is 2. The van der Waals surface area contributed by atoms with Crippen LogP contribution in [0.3, 0.4) is 0 Å². The lowest BCUT2D eigenvalue weighted by Crippen LogP contribution is -2.34. The molecule has 2 amide bonds. The highest BCUT2D eigenvalue weighted by Gasteiger charge is 2.23. The molecule has 0 saturated heterocycles. The molecule has 3 N–H and O–H groups in total. The summed E-state index contributed by atoms with van der Waals surface area (Å²) in [5, 5.41) is 5.43. The molecule has 1 aliphatic rings. The second-order valence-corrected chi connectivity index (χ2v) is 8.61. The summed E-state index contributed by atoms with van der Waals surface area (Å²) in [7, 11) is -3.75. The molecule has 0 aliphatic carbocycles. The smallest absolute Gasteiger partial charge is 0.265 e. The molecular formula is C21H19N3O6S. The number of hydrogen-bond donors (Lipinski definition) is 3. The molecular weight excluding hydrogens is 422 g/mol. The molecule has 1 aromatic heterocycles. The van der Waals surface area contributed by atoms with Crippen LogP contribution in [0.2, 0.25) is 0 Å². The van der Waals surface area contributed by atoms with Crippen molar-refractivity contribution in [3.05, 3.63) is 72.2 Å². The van der Waals surface area contributed by atoms with Gasteiger partial charge < -0.3 is 19.8 Å². The molecule has 1 aliphatic heterocycles. The van der Waals surface area contributed by atoms with E-state index in [4.69, 9.17) is 9.15 Å². The standard InChI is InChI=1S/C21H19N3O6S/c1-13-20(25)24-18-11-15(6-9-19(18)30-13)23-21(26)14-4-7-17(8-5-14)31(27,28)22-12-16-3-2-10-29-16/h2-11,13,22H,12H2,1H3,(H,23,26)(H,24,25)/t13-/m1/s1. The van der Waals surface area contributed by atoms with Gasteiger partial charge in [-0.15, -0.1) is 0 Å². The van der Waals surface area contributed by atoms with Crippen LogP contribution in [-0.4, -0.2) is 26.3 Å². The zero-order chi connectivity index (χ0) is 22.0. The monoisotopic (exact) mass is 441 g/mol. The Labute approximate surface area is 178 Å². The van der Waals surface area contributed by atoms with E-state index in [1.54, 1.807) is 37.3 Å². The van der Waals surface area contributed by atoms with E-state index in [0.717, 1.165) is 0 Å². The van der Waals surface area contributed by atoms with Crippen molar-refractivity contribution < 1.29 is 27.2 Å². The first kappa shape index (κ1) is 20.6. The molecule has 0 saturated carbocycles. The van der Waals surface area contributed by atoms with E-state index in [0.29, 0.717) is 22.9 Å². The minimum atomic E-state index is -3.75. The van der Waals surface area contributed by atoms with Gasteiger partial charge in [0.1, 0.15) is 11.5 Å². The van der Waals surface area contributed by atoms with Crippen LogP contribution in [0.25, 0.3) is 0 Å². The van der Waals surface area contributed by atoms with Gasteiger partial charge in [-0.1, -0.05) is 0 Å². The van der Waals surface area contributed by atoms with Gasteiger partial charge in [0, 0.05) is 11.3 Å². The van der Waals surface area contributed by atoms with E-state index < -0.39 is 22.0 Å². The van der Waals surface area contributed by atoms with Gasteiger partial charge in [-0.25, -0.2) is 13.1 Å². The van der Waals surface area contributed by atoms with Crippen LogP contribution in [0, 0.1) is 0 Å². The SMILES string of the molecule is C[C@H]1Oc2ccc(NC(=O)c3ccc(S(=O)(=O)NCc4ccco4)cc3)cc2NC1=O. The number of carbonyl (C=O) groups excluding carboxylic acids is 2. The third kappa shape index (κ3) is 4.60. The van der Waals surface area contributed by atoms with Crippen molar-refractivity contribution in [2.45, 2.75) is 24.5 Å². The third-order valence-electron chi connectivity index (χ3n) is 4.61. The van der Waals surface area contributed by atoms with Crippen molar-refractivity contribution in [1.82, 2.24) is 4.72 Å². The van der Waals surface area contributed by atoms with E-state index in [1.165, 1.54) is 30.5 Å². The maximum atomic E-state index is 12.5. The van der Waals surface area contributed by atoms with Gasteiger partial charge in [0.15, 0.2) is 6.10 Å². The number of benzene rings is 2. The van der Waals surface area contributed by atoms with Crippen molar-refractivity contribution in [2.24, 2.45) is 0 Å². The van der Waals surface area contributed by atoms with Gasteiger partial charge in [-0.05, 0) is 61.5 Å². The first-order chi connectivity index (χ1) is 14.8. The van der Waals surface area contributed by atoms with Crippen molar-refractivity contribution >= 4 is 33.2 Å². The van der Waals surface area contributed by atoms with Gasteiger partial charge in [0.25, 0.3) is 11.8 Å². The molecule has 160 valence electrons. The molecule has 10 heteroatoms. The summed E-state index contributed by atoms with van der Waals surface area (Å²) in [6.45, 7) is 1.67. The second-order valence-electron chi connectivity index (χ2n) is 6.84. The van der Waals surface area contributed by atoms with Crippen LogP contribution in [0.5, 0.6) is 5.75 Å². The fraction of sp³-hybridized carbons (Fsp3) is 0.143. The number of fused-ring (bicyclic) bond motifs is 1. The molecule has 2 heterocycles. The Morgan fingerprint density at radius 3 is 2.61 bits per heavy atom. The Bertz CT molecular complexity index is 1220. The van der Waals surface area contributed by atoms with Crippen molar-refractivity contribution in [2.75, 3.05) is 10.6 Å². The Hall–Kier alpha value is -3.63. The number of amides is 2. The third-order valence-corrected chi connectivity index (χ3v) is 6.03. The van der Waals surface area contributed by atoms with Crippen LogP contribution < -0.4 is 20.1 Å². The van der Waals surface area contributed by atoms with E-state index >= 15 is 0 Å². The van der Waals surface area contributed by atoms with E-state index in [9.17, 15) is 18.0 Å². The van der Waals surface area contributed by atoms with Gasteiger partial charge in [-0.2, -0.15) is 0 Å². The highest BCUT2D eigenvalue weighted by Crippen LogP contribution is 2.32. The van der Waals surface area contributed by atoms with E-state index in [-0.39, 0.29) is 22.9 Å². The number of nitrogens with one attached hydrogen (secondary N) is 3. The van der Waals surface area contributed by atoms with E-state index in [2.05, 4.69) is 15.4 Å². The number of hydrogen-bond acceptors (Lipinski definition) is 6. The number of sulfonamides is 1. The van der Waals surface area contributed by atoms with Gasteiger partial charge in [0.05, 0.1) is 23.4 Å². The lowest BCUT2D eigenvalue weighted by Gasteiger charge is -2.23. The molecule has 9 nitrogen and oxygen atoms in total. The van der Waals surface area contributed by atoms with Crippen molar-refractivity contribution in [1.29, 1.82) is 0 Å². The predicted octanol–water partition coefficient (Wildman–Crippen LogP) is 2.73. The molecule has 0 fully saturated rings. The highest BCUT2D eigenvalue weighted by molar-refractivity contribution is 7.89. The first-order valence-corrected chi connectivity index (χ1v) is 10.9. The summed E-state index contributed by atoms with van der Waals surface area (Å²) in [6, 6.07) is 13.8. The summed E-state index contributed by atoms with van der Waals surface area (Å²) < 4.78 is 37.8. The summed E-state index contributed by atoms with van der Waals surface area (Å²) in [5.74, 6) is 0.305. The van der Waals surface area contributed by atoms with Crippen LogP contribution >= 0.6 is 0 Å². The lowest BCUT2D eigenvalue weighted by molar-refractivity contribution is -0.122. The molecule has 0 radical (unpaired) electrons. The molecule has 3 aromatic rings. The zero-order valence-corrected chi connectivity index (χ0v) is 17.2. The van der Waals surface area contributed by atoms with Gasteiger partial charge >= 0.3 is 0 Å². The summed E-state index contributed by atoms with van der Waals surface area (Å²) >= 11 is 0. The number of rotatable bonds is 6. The van der Waals surface area contributed by atoms with Crippen molar-refractivity contribution in [3.63, 3.8) is 0 Å². The number of furan rings is 1. The highest BCUT2D eigenvalue weighted by atomic mass is 32.2. The molecule has 0 bridgehead atoms. The van der Waals surface area contributed by atoms with Crippen LogP contribution in [0.1, 0.15) is 23.0 Å². The fourth-order valence-electron chi connectivity index (χ4n) is 2.94. The molecule has 31 heavy (non-hydrogen) atoms. The second kappa shape index (κ2) is 8.25.